The van der Waals surface area contributed by atoms with Crippen LogP contribution in [0.1, 0.15) is 73.1 Å². The average Bonchev–Trinajstić information content (AvgIpc) is 2.42. The maximum absolute atomic E-state index is 6.18. The van der Waals surface area contributed by atoms with Gasteiger partial charge in [0.1, 0.15) is 0 Å². The van der Waals surface area contributed by atoms with Crippen LogP contribution >= 0.6 is 0 Å². The second kappa shape index (κ2) is 9.81. The van der Waals surface area contributed by atoms with Crippen molar-refractivity contribution in [2.75, 3.05) is 19.8 Å². The van der Waals surface area contributed by atoms with E-state index in [4.69, 9.17) is 9.47 Å². The van der Waals surface area contributed by atoms with E-state index in [-0.39, 0.29) is 5.60 Å². The van der Waals surface area contributed by atoms with Crippen LogP contribution in [-0.2, 0) is 9.47 Å². The van der Waals surface area contributed by atoms with Gasteiger partial charge in [-0.2, -0.15) is 0 Å². The molecule has 1 aliphatic carbocycles. The van der Waals surface area contributed by atoms with E-state index in [1.54, 1.807) is 0 Å². The fraction of sp³-hybridized carbons (Fsp3) is 1.00. The molecule has 0 heterocycles. The highest BCUT2D eigenvalue weighted by molar-refractivity contribution is 4.85. The predicted octanol–water partition coefficient (Wildman–Crippen LogP) is 4.16. The van der Waals surface area contributed by atoms with Crippen LogP contribution in [-0.4, -0.2) is 37.5 Å². The van der Waals surface area contributed by atoms with Crippen molar-refractivity contribution in [3.8, 4) is 0 Å². The molecule has 0 radical (unpaired) electrons. The first kappa shape index (κ1) is 18.9. The van der Waals surface area contributed by atoms with Gasteiger partial charge in [-0.1, -0.05) is 26.7 Å². The quantitative estimate of drug-likeness (QED) is 0.649. The molecule has 0 aromatic rings. The van der Waals surface area contributed by atoms with Crippen molar-refractivity contribution in [3.05, 3.63) is 0 Å². The average molecular weight is 299 g/mol. The van der Waals surface area contributed by atoms with E-state index in [2.05, 4.69) is 39.9 Å². The van der Waals surface area contributed by atoms with E-state index in [1.807, 2.05) is 0 Å². The highest BCUT2D eigenvalue weighted by Crippen LogP contribution is 2.30. The monoisotopic (exact) mass is 299 g/mol. The van der Waals surface area contributed by atoms with Gasteiger partial charge in [0.05, 0.1) is 24.9 Å². The minimum Gasteiger partial charge on any atom is -0.374 e. The van der Waals surface area contributed by atoms with Crippen LogP contribution in [0.25, 0.3) is 0 Å². The van der Waals surface area contributed by atoms with Gasteiger partial charge in [-0.15, -0.1) is 0 Å². The zero-order valence-electron chi connectivity index (χ0n) is 14.9. The molecule has 1 saturated carbocycles. The van der Waals surface area contributed by atoms with Gasteiger partial charge in [0.25, 0.3) is 0 Å². The predicted molar refractivity (Wildman–Crippen MR) is 89.8 cm³/mol. The second-order valence-electron chi connectivity index (χ2n) is 7.40. The molecule has 0 saturated heterocycles. The maximum atomic E-state index is 6.18. The maximum Gasteiger partial charge on any atom is 0.0731 e. The third-order valence-electron chi connectivity index (χ3n) is 4.20. The Hall–Kier alpha value is -0.120. The number of rotatable bonds is 9. The Kier molecular flexibility index (Phi) is 8.84. The van der Waals surface area contributed by atoms with Crippen molar-refractivity contribution >= 4 is 0 Å². The zero-order chi connectivity index (χ0) is 15.7. The Morgan fingerprint density at radius 3 is 2.43 bits per heavy atom. The first-order chi connectivity index (χ1) is 9.96. The Morgan fingerprint density at radius 1 is 1.05 bits per heavy atom. The summed E-state index contributed by atoms with van der Waals surface area (Å²) in [5.41, 5.74) is -0.0689. The summed E-state index contributed by atoms with van der Waals surface area (Å²) in [5.74, 6) is 0.850. The lowest BCUT2D eigenvalue weighted by atomic mass is 9.81. The topological polar surface area (TPSA) is 30.5 Å². The molecule has 3 atom stereocenters. The Bertz CT molecular complexity index is 262. The van der Waals surface area contributed by atoms with Gasteiger partial charge in [-0.25, -0.2) is 0 Å². The van der Waals surface area contributed by atoms with Crippen LogP contribution < -0.4 is 5.32 Å². The van der Waals surface area contributed by atoms with Crippen LogP contribution in [0, 0.1) is 5.92 Å². The molecule has 1 aliphatic rings. The lowest BCUT2D eigenvalue weighted by Crippen LogP contribution is -2.46. The van der Waals surface area contributed by atoms with Crippen molar-refractivity contribution in [1.29, 1.82) is 0 Å². The Labute approximate surface area is 132 Å². The fourth-order valence-electron chi connectivity index (χ4n) is 3.18. The normalized spacial score (nSPS) is 27.0. The molecule has 3 heteroatoms. The van der Waals surface area contributed by atoms with Gasteiger partial charge < -0.3 is 14.8 Å². The van der Waals surface area contributed by atoms with Crippen LogP contribution in [0.5, 0.6) is 0 Å². The van der Waals surface area contributed by atoms with Crippen LogP contribution in [0.3, 0.4) is 0 Å². The number of hydrogen-bond donors (Lipinski definition) is 1. The van der Waals surface area contributed by atoms with E-state index in [0.29, 0.717) is 25.4 Å². The summed E-state index contributed by atoms with van der Waals surface area (Å²) < 4.78 is 11.9. The Morgan fingerprint density at radius 2 is 1.81 bits per heavy atom. The second-order valence-corrected chi connectivity index (χ2v) is 7.40. The van der Waals surface area contributed by atoms with Gasteiger partial charge >= 0.3 is 0 Å². The molecule has 0 amide bonds. The highest BCUT2D eigenvalue weighted by Gasteiger charge is 2.30. The summed E-state index contributed by atoms with van der Waals surface area (Å²) in [6.07, 6.45) is 8.02. The van der Waals surface area contributed by atoms with Gasteiger partial charge in [-0.3, -0.25) is 0 Å². The zero-order valence-corrected chi connectivity index (χ0v) is 14.9. The summed E-state index contributed by atoms with van der Waals surface area (Å²) in [5, 5.41) is 3.68. The van der Waals surface area contributed by atoms with Crippen LogP contribution in [0.15, 0.2) is 0 Å². The molecule has 0 aromatic heterocycles. The van der Waals surface area contributed by atoms with E-state index < -0.39 is 0 Å². The SMILES string of the molecule is CCCNC1CCC(CCC)CC1OCCOC(C)(C)C. The summed E-state index contributed by atoms with van der Waals surface area (Å²) >= 11 is 0. The van der Waals surface area contributed by atoms with Crippen LogP contribution in [0.2, 0.25) is 0 Å². The van der Waals surface area contributed by atoms with E-state index in [1.165, 1.54) is 38.5 Å². The summed E-state index contributed by atoms with van der Waals surface area (Å²) in [4.78, 5) is 0. The largest absolute Gasteiger partial charge is 0.374 e. The third kappa shape index (κ3) is 8.18. The number of hydrogen-bond acceptors (Lipinski definition) is 3. The van der Waals surface area contributed by atoms with Crippen molar-refractivity contribution < 1.29 is 9.47 Å². The Balaban J connectivity index is 2.38. The first-order valence-electron chi connectivity index (χ1n) is 8.95. The molecule has 1 fully saturated rings. The van der Waals surface area contributed by atoms with Gasteiger partial charge in [0.15, 0.2) is 0 Å². The van der Waals surface area contributed by atoms with Crippen molar-refractivity contribution in [2.45, 2.75) is 90.9 Å². The highest BCUT2D eigenvalue weighted by atomic mass is 16.5. The summed E-state index contributed by atoms with van der Waals surface area (Å²) in [7, 11) is 0. The van der Waals surface area contributed by atoms with E-state index >= 15 is 0 Å². The summed E-state index contributed by atoms with van der Waals surface area (Å²) in [6.45, 7) is 13.3. The lowest BCUT2D eigenvalue weighted by molar-refractivity contribution is -0.0702. The lowest BCUT2D eigenvalue weighted by Gasteiger charge is -2.37. The third-order valence-corrected chi connectivity index (χ3v) is 4.20. The molecule has 1 rings (SSSR count). The van der Waals surface area contributed by atoms with Crippen molar-refractivity contribution in [2.24, 2.45) is 5.92 Å². The molecule has 0 bridgehead atoms. The molecular weight excluding hydrogens is 262 g/mol. The molecule has 126 valence electrons. The van der Waals surface area contributed by atoms with Gasteiger partial charge in [0.2, 0.25) is 0 Å². The number of ether oxygens (including phenoxy) is 2. The van der Waals surface area contributed by atoms with E-state index in [9.17, 15) is 0 Å². The standard InChI is InChI=1S/C18H37NO2/c1-6-8-15-9-10-16(19-11-7-2)17(14-15)20-12-13-21-18(3,4)5/h15-17,19H,6-14H2,1-5H3. The molecule has 3 nitrogen and oxygen atoms in total. The molecule has 0 aliphatic heterocycles. The molecule has 21 heavy (non-hydrogen) atoms. The van der Waals surface area contributed by atoms with Gasteiger partial charge in [-0.05, 0) is 58.9 Å². The smallest absolute Gasteiger partial charge is 0.0731 e. The van der Waals surface area contributed by atoms with Gasteiger partial charge in [0, 0.05) is 6.04 Å². The minimum absolute atomic E-state index is 0.0689. The fourth-order valence-corrected chi connectivity index (χ4v) is 3.18. The molecule has 0 spiro atoms. The van der Waals surface area contributed by atoms with Crippen LogP contribution in [0.4, 0.5) is 0 Å². The summed E-state index contributed by atoms with van der Waals surface area (Å²) in [6, 6.07) is 0.535. The van der Waals surface area contributed by atoms with Crippen molar-refractivity contribution in [3.63, 3.8) is 0 Å². The van der Waals surface area contributed by atoms with Crippen molar-refractivity contribution in [1.82, 2.24) is 5.32 Å². The minimum atomic E-state index is -0.0689. The molecular formula is C18H37NO2. The first-order valence-corrected chi connectivity index (χ1v) is 8.95. The van der Waals surface area contributed by atoms with E-state index in [0.717, 1.165) is 12.5 Å². The molecule has 0 aromatic carbocycles. The number of nitrogens with one attached hydrogen (secondary N) is 1. The molecule has 1 N–H and O–H groups in total. The molecule has 3 unspecified atom stereocenters.